The summed E-state index contributed by atoms with van der Waals surface area (Å²) in [5, 5.41) is 0.277. The summed E-state index contributed by atoms with van der Waals surface area (Å²) in [4.78, 5) is 0. The van der Waals surface area contributed by atoms with E-state index in [0.717, 1.165) is 3.93 Å². The Hall–Kier alpha value is 0.556. The van der Waals surface area contributed by atoms with Gasteiger partial charge in [-0.1, -0.05) is 0 Å². The third kappa shape index (κ3) is 12.9. The molecule has 0 unspecified atom stereocenters. The van der Waals surface area contributed by atoms with Gasteiger partial charge in [-0.3, -0.25) is 0 Å². The number of allylic oxidation sites excluding steroid dienone is 1. The summed E-state index contributed by atoms with van der Waals surface area (Å²) in [7, 11) is -1.72. The zero-order chi connectivity index (χ0) is 24.5. The summed E-state index contributed by atoms with van der Waals surface area (Å²) in [6.07, 6.45) is 23.3. The SMILES string of the molecule is CCCCCCCC[C@H](/C=C\O[Si](C)(C)C(C)(C)C)[Sn]([CH2]CCC)([CH2]CCC)[CH2]CCC. The van der Waals surface area contributed by atoms with Crippen molar-refractivity contribution in [2.24, 2.45) is 0 Å². The molecule has 0 aromatic carbocycles. The van der Waals surface area contributed by atoms with Crippen molar-refractivity contribution < 1.29 is 4.43 Å². The van der Waals surface area contributed by atoms with E-state index in [4.69, 9.17) is 4.43 Å². The Labute approximate surface area is 210 Å². The Morgan fingerprint density at radius 2 is 1.12 bits per heavy atom. The van der Waals surface area contributed by atoms with Gasteiger partial charge in [-0.05, 0) is 0 Å². The van der Waals surface area contributed by atoms with Crippen molar-refractivity contribution in [1.29, 1.82) is 0 Å². The van der Waals surface area contributed by atoms with Crippen LogP contribution >= 0.6 is 0 Å². The molecule has 0 bridgehead atoms. The number of rotatable bonds is 20. The molecule has 1 nitrogen and oxygen atoms in total. The Morgan fingerprint density at radius 1 is 0.688 bits per heavy atom. The molecule has 0 rings (SSSR count). The molecule has 0 N–H and O–H groups in total. The molecule has 192 valence electrons. The van der Waals surface area contributed by atoms with E-state index in [0.29, 0.717) is 0 Å². The van der Waals surface area contributed by atoms with Crippen molar-refractivity contribution >= 4 is 26.7 Å². The molecular weight excluding hydrogens is 511 g/mol. The third-order valence-corrected chi connectivity index (χ3v) is 30.0. The van der Waals surface area contributed by atoms with Crippen LogP contribution in [0.5, 0.6) is 0 Å². The van der Waals surface area contributed by atoms with Gasteiger partial charge < -0.3 is 0 Å². The normalized spacial score (nSPS) is 14.3. The maximum absolute atomic E-state index is 6.58. The first kappa shape index (κ1) is 32.6. The van der Waals surface area contributed by atoms with Crippen molar-refractivity contribution in [1.82, 2.24) is 0 Å². The van der Waals surface area contributed by atoms with Crippen LogP contribution in [0.3, 0.4) is 0 Å². The van der Waals surface area contributed by atoms with Crippen LogP contribution in [-0.2, 0) is 4.43 Å². The van der Waals surface area contributed by atoms with E-state index in [1.54, 1.807) is 13.3 Å². The molecule has 0 saturated heterocycles. The fourth-order valence-electron chi connectivity index (χ4n) is 4.75. The van der Waals surface area contributed by atoms with Crippen LogP contribution in [0.25, 0.3) is 0 Å². The molecule has 0 aliphatic heterocycles. The second-order valence-corrected chi connectivity index (χ2v) is 31.0. The first-order valence-electron chi connectivity index (χ1n) is 14.4. The van der Waals surface area contributed by atoms with E-state index in [1.807, 2.05) is 0 Å². The minimum absolute atomic E-state index is 0.277. The maximum atomic E-state index is 6.58. The van der Waals surface area contributed by atoms with E-state index in [9.17, 15) is 0 Å². The van der Waals surface area contributed by atoms with Gasteiger partial charge in [-0.2, -0.15) is 0 Å². The van der Waals surface area contributed by atoms with Crippen LogP contribution in [0.4, 0.5) is 0 Å². The first-order valence-corrected chi connectivity index (χ1v) is 25.1. The standard InChI is InChI=1S/C17H35OSi.3C4H9.Sn/c1-7-8-9-10-11-12-13-14-15-16-18-19(5,6)17(2,3)4;3*1-3-4-2;/h14-16H,7-13H2,1-6H3;3*1,3-4H2,2H3;/b16-15-;;;;. The molecular formula is C29H62OSiSn. The summed E-state index contributed by atoms with van der Waals surface area (Å²) in [5.74, 6) is 0. The van der Waals surface area contributed by atoms with Gasteiger partial charge >= 0.3 is 211 Å². The molecule has 0 radical (unpaired) electrons. The van der Waals surface area contributed by atoms with Gasteiger partial charge in [0, 0.05) is 0 Å². The molecule has 0 spiro atoms. The van der Waals surface area contributed by atoms with Crippen molar-refractivity contribution in [3.63, 3.8) is 0 Å². The van der Waals surface area contributed by atoms with Gasteiger partial charge in [0.2, 0.25) is 0 Å². The first-order chi connectivity index (χ1) is 15.1. The summed E-state index contributed by atoms with van der Waals surface area (Å²) in [5.41, 5.74) is 0. The molecule has 0 aromatic rings. The zero-order valence-electron chi connectivity index (χ0n) is 24.0. The molecule has 0 amide bonds. The van der Waals surface area contributed by atoms with Crippen molar-refractivity contribution in [3.05, 3.63) is 12.3 Å². The molecule has 3 heteroatoms. The van der Waals surface area contributed by atoms with Gasteiger partial charge in [-0.25, -0.2) is 0 Å². The number of unbranched alkanes of at least 4 members (excludes halogenated alkanes) is 8. The quantitative estimate of drug-likeness (QED) is 0.0800. The minimum atomic E-state index is -2.29. The molecule has 0 heterocycles. The Balaban J connectivity index is 5.64. The van der Waals surface area contributed by atoms with E-state index >= 15 is 0 Å². The van der Waals surface area contributed by atoms with Crippen LogP contribution in [0.15, 0.2) is 12.3 Å². The van der Waals surface area contributed by atoms with Crippen LogP contribution < -0.4 is 0 Å². The second-order valence-electron chi connectivity index (χ2n) is 12.0. The van der Waals surface area contributed by atoms with Gasteiger partial charge in [-0.15, -0.1) is 0 Å². The van der Waals surface area contributed by atoms with Crippen molar-refractivity contribution in [3.8, 4) is 0 Å². The monoisotopic (exact) mass is 574 g/mol. The van der Waals surface area contributed by atoms with Gasteiger partial charge in [0.15, 0.2) is 0 Å². The third-order valence-electron chi connectivity index (χ3n) is 8.22. The van der Waals surface area contributed by atoms with Crippen LogP contribution in [0.1, 0.15) is 132 Å². The Bertz CT molecular complexity index is 444. The van der Waals surface area contributed by atoms with E-state index in [-0.39, 0.29) is 5.04 Å². The van der Waals surface area contributed by atoms with E-state index < -0.39 is 26.7 Å². The van der Waals surface area contributed by atoms with Crippen molar-refractivity contribution in [2.45, 2.75) is 167 Å². The zero-order valence-corrected chi connectivity index (χ0v) is 27.8. The average molecular weight is 574 g/mol. The molecule has 0 aliphatic carbocycles. The van der Waals surface area contributed by atoms with Crippen LogP contribution in [-0.4, -0.2) is 26.7 Å². The summed E-state index contributed by atoms with van der Waals surface area (Å²) < 4.78 is 12.3. The average Bonchev–Trinajstić information content (AvgIpc) is 2.74. The Morgan fingerprint density at radius 3 is 1.56 bits per heavy atom. The topological polar surface area (TPSA) is 9.23 Å². The van der Waals surface area contributed by atoms with Gasteiger partial charge in [0.05, 0.1) is 0 Å². The molecule has 0 aliphatic rings. The second kappa shape index (κ2) is 17.9. The summed E-state index contributed by atoms with van der Waals surface area (Å²) in [6.45, 7) is 21.4. The van der Waals surface area contributed by atoms with Gasteiger partial charge in [0.25, 0.3) is 0 Å². The van der Waals surface area contributed by atoms with Crippen LogP contribution in [0.2, 0.25) is 35.4 Å². The molecule has 0 fully saturated rings. The van der Waals surface area contributed by atoms with Crippen LogP contribution in [0, 0.1) is 0 Å². The predicted octanol–water partition coefficient (Wildman–Crippen LogP) is 11.5. The van der Waals surface area contributed by atoms with Crippen molar-refractivity contribution in [2.75, 3.05) is 0 Å². The molecule has 1 atom stereocenters. The number of hydrogen-bond donors (Lipinski definition) is 0. The molecule has 0 aromatic heterocycles. The molecule has 32 heavy (non-hydrogen) atoms. The fraction of sp³-hybridized carbons (Fsp3) is 0.931. The fourth-order valence-corrected chi connectivity index (χ4v) is 23.6. The van der Waals surface area contributed by atoms with E-state index in [1.165, 1.54) is 83.5 Å². The van der Waals surface area contributed by atoms with E-state index in [2.05, 4.69) is 73.9 Å². The Kier molecular flexibility index (Phi) is 18.2. The summed E-state index contributed by atoms with van der Waals surface area (Å²) >= 11 is -2.29. The predicted molar refractivity (Wildman–Crippen MR) is 154 cm³/mol. The molecule has 0 saturated carbocycles. The summed E-state index contributed by atoms with van der Waals surface area (Å²) in [6, 6.07) is 0. The van der Waals surface area contributed by atoms with Gasteiger partial charge in [0.1, 0.15) is 0 Å². The number of hydrogen-bond acceptors (Lipinski definition) is 1.